The molecule has 0 saturated carbocycles. The molecule has 0 aromatic rings. The molecule has 0 unspecified atom stereocenters. The van der Waals surface area contributed by atoms with Crippen molar-refractivity contribution in [3.63, 3.8) is 0 Å². The summed E-state index contributed by atoms with van der Waals surface area (Å²) in [7, 11) is 0. The molecule has 0 spiro atoms. The number of carbonyl (C=O) groups is 1. The van der Waals surface area contributed by atoms with E-state index in [9.17, 15) is 4.79 Å². The molecule has 0 rings (SSSR count). The van der Waals surface area contributed by atoms with Gasteiger partial charge in [-0.05, 0) is 0 Å². The van der Waals surface area contributed by atoms with Crippen LogP contribution in [0.15, 0.2) is 0 Å². The molecule has 0 bridgehead atoms. The van der Waals surface area contributed by atoms with Gasteiger partial charge in [0.05, 0.1) is 0 Å². The maximum absolute atomic E-state index is 12.6. The van der Waals surface area contributed by atoms with Crippen molar-refractivity contribution in [2.45, 2.75) is 169 Å². The van der Waals surface area contributed by atoms with Crippen LogP contribution in [0.25, 0.3) is 0 Å². The zero-order valence-corrected chi connectivity index (χ0v) is 24.9. The molecule has 186 valence electrons. The quantitative estimate of drug-likeness (QED) is 0.0891. The van der Waals surface area contributed by atoms with Crippen molar-refractivity contribution in [3.8, 4) is 0 Å². The third-order valence-electron chi connectivity index (χ3n) is 6.74. The van der Waals surface area contributed by atoms with Crippen LogP contribution in [-0.4, -0.2) is 24.8 Å². The Morgan fingerprint density at radius 3 is 1.13 bits per heavy atom. The molecule has 0 atom stereocenters. The Balaban J connectivity index is 4.82. The van der Waals surface area contributed by atoms with Crippen molar-refractivity contribution in [3.05, 3.63) is 0 Å². The second kappa shape index (κ2) is 23.4. The third kappa shape index (κ3) is 19.4. The van der Waals surface area contributed by atoms with Gasteiger partial charge in [0, 0.05) is 0 Å². The van der Waals surface area contributed by atoms with Gasteiger partial charge in [0.15, 0.2) is 0 Å². The Hall–Kier alpha value is 0.269. The van der Waals surface area contributed by atoms with Crippen LogP contribution in [0, 0.1) is 0 Å². The predicted octanol–water partition coefficient (Wildman–Crippen LogP) is 10.4. The van der Waals surface area contributed by atoms with Gasteiger partial charge >= 0.3 is 202 Å². The van der Waals surface area contributed by atoms with E-state index in [1.54, 1.807) is 0 Å². The van der Waals surface area contributed by atoms with Gasteiger partial charge in [-0.3, -0.25) is 0 Å². The topological polar surface area (TPSA) is 26.3 Å². The normalized spacial score (nSPS) is 11.7. The van der Waals surface area contributed by atoms with Gasteiger partial charge in [-0.1, -0.05) is 0 Å². The third-order valence-corrected chi connectivity index (χ3v) is 19.5. The molecule has 0 aliphatic heterocycles. The molecule has 0 saturated heterocycles. The number of unbranched alkanes of at least 4 members (excludes halogenated alkanes) is 15. The maximum atomic E-state index is 12.6. The van der Waals surface area contributed by atoms with E-state index < -0.39 is 18.8 Å². The van der Waals surface area contributed by atoms with Gasteiger partial charge in [-0.2, -0.15) is 0 Å². The summed E-state index contributed by atoms with van der Waals surface area (Å²) in [6.45, 7) is 8.97. The van der Waals surface area contributed by atoms with Crippen LogP contribution >= 0.6 is 0 Å². The fourth-order valence-corrected chi connectivity index (χ4v) is 17.0. The summed E-state index contributed by atoms with van der Waals surface area (Å²) in [4.78, 5) is 12.6. The molecule has 2 nitrogen and oxygen atoms in total. The Morgan fingerprint density at radius 1 is 0.484 bits per heavy atom. The van der Waals surface area contributed by atoms with Crippen LogP contribution < -0.4 is 0 Å². The molecule has 3 heteroatoms. The second-order valence-corrected chi connectivity index (χ2v) is 21.6. The predicted molar refractivity (Wildman–Crippen MR) is 141 cm³/mol. The molecular weight excluding hydrogens is 487 g/mol. The molecule has 0 N–H and O–H groups in total. The van der Waals surface area contributed by atoms with Crippen LogP contribution in [0.4, 0.5) is 0 Å². The van der Waals surface area contributed by atoms with Gasteiger partial charge in [-0.15, -0.1) is 0 Å². The first-order valence-corrected chi connectivity index (χ1v) is 21.6. The molecule has 0 aromatic carbocycles. The number of rotatable bonds is 24. The Kier molecular flexibility index (Phi) is 23.6. The first-order chi connectivity index (χ1) is 15.1. The summed E-state index contributed by atoms with van der Waals surface area (Å²) in [5.41, 5.74) is 0. The first kappa shape index (κ1) is 31.3. The van der Waals surface area contributed by atoms with Gasteiger partial charge in [0.25, 0.3) is 0 Å². The molecule has 31 heavy (non-hydrogen) atoms. The van der Waals surface area contributed by atoms with Crippen molar-refractivity contribution in [1.82, 2.24) is 0 Å². The average molecular weight is 545 g/mol. The van der Waals surface area contributed by atoms with E-state index in [4.69, 9.17) is 3.07 Å². The minimum absolute atomic E-state index is 0.140. The van der Waals surface area contributed by atoms with E-state index in [1.165, 1.54) is 129 Å². The summed E-state index contributed by atoms with van der Waals surface area (Å²) >= 11 is -2.85. The summed E-state index contributed by atoms with van der Waals surface area (Å²) in [6.07, 6.45) is 25.8. The molecular formula is C28H58O2Sn. The van der Waals surface area contributed by atoms with E-state index >= 15 is 0 Å². The van der Waals surface area contributed by atoms with Crippen molar-refractivity contribution in [1.29, 1.82) is 0 Å². The number of carbonyl (C=O) groups excluding carboxylic acids is 1. The van der Waals surface area contributed by atoms with Crippen LogP contribution in [0.5, 0.6) is 0 Å². The Morgan fingerprint density at radius 2 is 0.806 bits per heavy atom. The fourth-order valence-electron chi connectivity index (χ4n) is 4.71. The first-order valence-electron chi connectivity index (χ1n) is 14.4. The van der Waals surface area contributed by atoms with Crippen LogP contribution in [-0.2, 0) is 7.87 Å². The molecule has 0 amide bonds. The fraction of sp³-hybridized carbons (Fsp3) is 0.964. The van der Waals surface area contributed by atoms with E-state index in [1.807, 2.05) is 0 Å². The van der Waals surface area contributed by atoms with Gasteiger partial charge < -0.3 is 0 Å². The van der Waals surface area contributed by atoms with Crippen molar-refractivity contribution in [2.24, 2.45) is 0 Å². The Bertz CT molecular complexity index is 342. The van der Waals surface area contributed by atoms with E-state index in [0.717, 1.165) is 6.42 Å². The standard InChI is InChI=1S/3C8H17.C4H8O2.Sn/c3*1-3-5-7-8-6-4-2;1-2-3-4(5)6;/h3*1,3-8H2,2H3;2-3H2,1H3,(H,5,6);/q;;;;+1/p-1. The number of hydrogen-bond acceptors (Lipinski definition) is 2. The molecule has 0 aromatic heterocycles. The summed E-state index contributed by atoms with van der Waals surface area (Å²) in [5.74, 6) is 0.140. The summed E-state index contributed by atoms with van der Waals surface area (Å²) in [5, 5.41) is 0. The molecule has 0 radical (unpaired) electrons. The molecule has 0 heterocycles. The summed E-state index contributed by atoms with van der Waals surface area (Å²) in [6, 6.07) is 0. The van der Waals surface area contributed by atoms with Gasteiger partial charge in [-0.25, -0.2) is 0 Å². The van der Waals surface area contributed by atoms with Crippen molar-refractivity contribution in [2.75, 3.05) is 0 Å². The van der Waals surface area contributed by atoms with E-state index in [0.29, 0.717) is 6.42 Å². The average Bonchev–Trinajstić information content (AvgIpc) is 2.75. The zero-order valence-electron chi connectivity index (χ0n) is 22.1. The molecule has 0 fully saturated rings. The summed E-state index contributed by atoms with van der Waals surface area (Å²) < 4.78 is 10.4. The Labute approximate surface area is 201 Å². The molecule has 0 aliphatic carbocycles. The molecule has 0 aliphatic rings. The zero-order chi connectivity index (χ0) is 23.0. The number of hydrogen-bond donors (Lipinski definition) is 0. The van der Waals surface area contributed by atoms with Crippen molar-refractivity contribution < 1.29 is 7.87 Å². The SMILES string of the molecule is CCCCCCC[CH2][Sn]([CH2]CCCCCCC)([CH2]CCCCCCC)[O]C(=O)CCC. The van der Waals surface area contributed by atoms with Crippen molar-refractivity contribution >= 4 is 24.8 Å². The van der Waals surface area contributed by atoms with Crippen LogP contribution in [0.2, 0.25) is 13.3 Å². The van der Waals surface area contributed by atoms with E-state index in [-0.39, 0.29) is 5.97 Å². The second-order valence-electron chi connectivity index (χ2n) is 9.96. The van der Waals surface area contributed by atoms with Crippen LogP contribution in [0.3, 0.4) is 0 Å². The minimum atomic E-state index is -2.85. The van der Waals surface area contributed by atoms with Gasteiger partial charge in [0.1, 0.15) is 0 Å². The van der Waals surface area contributed by atoms with Gasteiger partial charge in [0.2, 0.25) is 0 Å². The monoisotopic (exact) mass is 546 g/mol. The van der Waals surface area contributed by atoms with E-state index in [2.05, 4.69) is 27.7 Å². The van der Waals surface area contributed by atoms with Crippen LogP contribution in [0.1, 0.15) is 156 Å².